The van der Waals surface area contributed by atoms with Gasteiger partial charge in [0.15, 0.2) is 11.5 Å². The van der Waals surface area contributed by atoms with E-state index in [1.165, 1.54) is 44.6 Å². The van der Waals surface area contributed by atoms with E-state index in [2.05, 4.69) is 0 Å². The lowest BCUT2D eigenvalue weighted by Gasteiger charge is -2.10. The van der Waals surface area contributed by atoms with Crippen molar-refractivity contribution in [1.29, 1.82) is 0 Å². The Morgan fingerprint density at radius 1 is 0.778 bits per heavy atom. The molecule has 0 atom stereocenters. The third-order valence-electron chi connectivity index (χ3n) is 5.53. The van der Waals surface area contributed by atoms with Gasteiger partial charge in [-0.2, -0.15) is 0 Å². The van der Waals surface area contributed by atoms with E-state index in [0.717, 1.165) is 0 Å². The molecule has 3 aromatic carbocycles. The number of hydrogen-bond donors (Lipinski definition) is 0. The van der Waals surface area contributed by atoms with Gasteiger partial charge in [-0.25, -0.2) is 14.4 Å². The largest absolute Gasteiger partial charge is 0.493 e. The van der Waals surface area contributed by atoms with E-state index in [4.69, 9.17) is 34.6 Å². The van der Waals surface area contributed by atoms with Gasteiger partial charge in [-0.1, -0.05) is 11.6 Å². The molecule has 0 N–H and O–H groups in total. The van der Waals surface area contributed by atoms with Gasteiger partial charge in [0.25, 0.3) is 0 Å². The van der Waals surface area contributed by atoms with Crippen LogP contribution in [-0.4, -0.2) is 20.2 Å². The zero-order valence-corrected chi connectivity index (χ0v) is 19.8. The van der Waals surface area contributed by atoms with Crippen molar-refractivity contribution in [2.24, 2.45) is 0 Å². The maximum absolute atomic E-state index is 12.7. The second kappa shape index (κ2) is 9.24. The van der Waals surface area contributed by atoms with Crippen LogP contribution < -0.4 is 25.5 Å². The minimum Gasteiger partial charge on any atom is -0.493 e. The summed E-state index contributed by atoms with van der Waals surface area (Å²) in [5.74, 6) is 0.326. The van der Waals surface area contributed by atoms with Gasteiger partial charge in [0, 0.05) is 33.5 Å². The third kappa shape index (κ3) is 4.30. The summed E-state index contributed by atoms with van der Waals surface area (Å²) in [5, 5.41) is 1.52. The Morgan fingerprint density at radius 2 is 1.58 bits per heavy atom. The summed E-state index contributed by atoms with van der Waals surface area (Å²) in [5.41, 5.74) is -0.111. The first-order valence-electron chi connectivity index (χ1n) is 10.6. The van der Waals surface area contributed by atoms with Crippen molar-refractivity contribution >= 4 is 39.5 Å². The number of ether oxygens (including phenoxy) is 3. The van der Waals surface area contributed by atoms with Gasteiger partial charge in [-0.05, 0) is 54.6 Å². The Bertz CT molecular complexity index is 1770. The van der Waals surface area contributed by atoms with Crippen molar-refractivity contribution in [3.63, 3.8) is 0 Å². The molecule has 0 bridgehead atoms. The Kier molecular flexibility index (Phi) is 5.95. The van der Waals surface area contributed by atoms with E-state index in [0.29, 0.717) is 38.4 Å². The molecule has 0 saturated carbocycles. The van der Waals surface area contributed by atoms with Crippen molar-refractivity contribution in [2.75, 3.05) is 14.2 Å². The quantitative estimate of drug-likeness (QED) is 0.176. The van der Waals surface area contributed by atoms with E-state index < -0.39 is 17.2 Å². The summed E-state index contributed by atoms with van der Waals surface area (Å²) in [7, 11) is 2.95. The number of carbonyl (C=O) groups excluding carboxylic acids is 1. The monoisotopic (exact) mass is 504 g/mol. The molecule has 0 fully saturated rings. The first-order valence-corrected chi connectivity index (χ1v) is 11.0. The Balaban J connectivity index is 1.54. The summed E-state index contributed by atoms with van der Waals surface area (Å²) in [6, 6.07) is 16.8. The van der Waals surface area contributed by atoms with Gasteiger partial charge in [0.05, 0.1) is 25.3 Å². The van der Waals surface area contributed by atoms with Crippen LogP contribution in [0.4, 0.5) is 0 Å². The number of carbonyl (C=O) groups is 1. The summed E-state index contributed by atoms with van der Waals surface area (Å²) >= 11 is 6.07. The summed E-state index contributed by atoms with van der Waals surface area (Å²) < 4.78 is 26.6. The molecule has 0 aliphatic heterocycles. The minimum atomic E-state index is -0.688. The van der Waals surface area contributed by atoms with Crippen LogP contribution in [0.25, 0.3) is 33.1 Å². The summed E-state index contributed by atoms with van der Waals surface area (Å²) in [6.45, 7) is 0. The molecule has 5 rings (SSSR count). The average Bonchev–Trinajstić information content (AvgIpc) is 2.87. The topological polar surface area (TPSA) is 105 Å². The van der Waals surface area contributed by atoms with Crippen LogP contribution in [0.1, 0.15) is 10.4 Å². The molecule has 9 heteroatoms. The highest BCUT2D eigenvalue weighted by Crippen LogP contribution is 2.31. The fourth-order valence-corrected chi connectivity index (χ4v) is 4.02. The second-order valence-corrected chi connectivity index (χ2v) is 8.16. The van der Waals surface area contributed by atoms with Crippen LogP contribution >= 0.6 is 11.6 Å². The Labute approximate surface area is 208 Å². The van der Waals surface area contributed by atoms with Crippen molar-refractivity contribution < 1.29 is 27.8 Å². The molecule has 36 heavy (non-hydrogen) atoms. The maximum atomic E-state index is 12.7. The summed E-state index contributed by atoms with van der Waals surface area (Å²) in [4.78, 5) is 37.8. The Morgan fingerprint density at radius 3 is 2.36 bits per heavy atom. The molecule has 0 amide bonds. The van der Waals surface area contributed by atoms with Crippen LogP contribution in [0.2, 0.25) is 5.02 Å². The van der Waals surface area contributed by atoms with Gasteiger partial charge in [-0.15, -0.1) is 0 Å². The predicted molar refractivity (Wildman–Crippen MR) is 133 cm³/mol. The van der Waals surface area contributed by atoms with Gasteiger partial charge < -0.3 is 23.0 Å². The predicted octanol–water partition coefficient (Wildman–Crippen LogP) is 5.46. The van der Waals surface area contributed by atoms with E-state index in [1.807, 2.05) is 0 Å². The van der Waals surface area contributed by atoms with Crippen LogP contribution in [0.15, 0.2) is 85.2 Å². The Hall–Kier alpha value is -4.56. The number of fused-ring (bicyclic) bond motifs is 2. The minimum absolute atomic E-state index is 0.126. The molecule has 2 aromatic heterocycles. The normalized spacial score (nSPS) is 11.0. The molecule has 0 aliphatic carbocycles. The smallest absolute Gasteiger partial charge is 0.344 e. The fourth-order valence-electron chi connectivity index (χ4n) is 3.84. The lowest BCUT2D eigenvalue weighted by atomic mass is 10.0. The fraction of sp³-hybridized carbons (Fsp3) is 0.0741. The lowest BCUT2D eigenvalue weighted by Crippen LogP contribution is -2.09. The first kappa shape index (κ1) is 23.2. The molecule has 8 nitrogen and oxygen atoms in total. The average molecular weight is 505 g/mol. The number of rotatable bonds is 5. The van der Waals surface area contributed by atoms with Gasteiger partial charge in [0.2, 0.25) is 0 Å². The van der Waals surface area contributed by atoms with Gasteiger partial charge >= 0.3 is 17.2 Å². The maximum Gasteiger partial charge on any atom is 0.344 e. The zero-order valence-electron chi connectivity index (χ0n) is 19.0. The lowest BCUT2D eigenvalue weighted by molar-refractivity contribution is 0.0734. The van der Waals surface area contributed by atoms with Gasteiger partial charge in [0.1, 0.15) is 16.9 Å². The van der Waals surface area contributed by atoms with Crippen molar-refractivity contribution in [3.05, 3.63) is 98.2 Å². The number of benzene rings is 3. The standard InChI is InChI=1S/C27H17ClO8/c1-32-22-7-3-14(11-24(22)33-2)26(30)34-17-5-6-18-19(13-25(29)35-23(18)12-17)20-10-15-9-16(28)4-8-21(15)36-27(20)31/h3-13H,1-2H3. The first-order chi connectivity index (χ1) is 17.4. The molecule has 0 saturated heterocycles. The van der Waals surface area contributed by atoms with Crippen LogP contribution in [0.5, 0.6) is 17.2 Å². The van der Waals surface area contributed by atoms with E-state index >= 15 is 0 Å². The van der Waals surface area contributed by atoms with Crippen LogP contribution in [-0.2, 0) is 0 Å². The molecule has 0 unspecified atom stereocenters. The summed E-state index contributed by atoms with van der Waals surface area (Å²) in [6.07, 6.45) is 0. The molecule has 0 radical (unpaired) electrons. The SMILES string of the molecule is COc1ccc(C(=O)Oc2ccc3c(-c4cc5cc(Cl)ccc5oc4=O)cc(=O)oc3c2)cc1OC. The molecular formula is C27H17ClO8. The van der Waals surface area contributed by atoms with Crippen molar-refractivity contribution in [3.8, 4) is 28.4 Å². The highest BCUT2D eigenvalue weighted by molar-refractivity contribution is 6.31. The van der Waals surface area contributed by atoms with E-state index in [9.17, 15) is 14.4 Å². The number of esters is 1. The molecule has 180 valence electrons. The third-order valence-corrected chi connectivity index (χ3v) is 5.77. The van der Waals surface area contributed by atoms with Crippen molar-refractivity contribution in [1.82, 2.24) is 0 Å². The molecular weight excluding hydrogens is 488 g/mol. The van der Waals surface area contributed by atoms with E-state index in [1.54, 1.807) is 36.4 Å². The number of methoxy groups -OCH3 is 2. The van der Waals surface area contributed by atoms with E-state index in [-0.39, 0.29) is 22.5 Å². The molecule has 0 spiro atoms. The number of hydrogen-bond acceptors (Lipinski definition) is 8. The van der Waals surface area contributed by atoms with Crippen LogP contribution in [0.3, 0.4) is 0 Å². The molecule has 2 heterocycles. The zero-order chi connectivity index (χ0) is 25.4. The highest BCUT2D eigenvalue weighted by atomic mass is 35.5. The second-order valence-electron chi connectivity index (χ2n) is 7.73. The molecule has 5 aromatic rings. The molecule has 0 aliphatic rings. The van der Waals surface area contributed by atoms with Crippen molar-refractivity contribution in [2.45, 2.75) is 0 Å². The number of halogens is 1. The van der Waals surface area contributed by atoms with Crippen LogP contribution in [0, 0.1) is 0 Å². The van der Waals surface area contributed by atoms with Gasteiger partial charge in [-0.3, -0.25) is 0 Å². The highest BCUT2D eigenvalue weighted by Gasteiger charge is 2.17.